The molecule has 1 heterocycles. The summed E-state index contributed by atoms with van der Waals surface area (Å²) in [4.78, 5) is 4.21. The van der Waals surface area contributed by atoms with Crippen molar-refractivity contribution in [3.8, 4) is 11.3 Å². The lowest BCUT2D eigenvalue weighted by atomic mass is 10.2. The van der Waals surface area contributed by atoms with Crippen LogP contribution in [0.25, 0.3) is 11.3 Å². The third-order valence-electron chi connectivity index (χ3n) is 2.46. The van der Waals surface area contributed by atoms with E-state index in [9.17, 15) is 8.42 Å². The Bertz CT molecular complexity index is 682. The molecule has 0 amide bonds. The van der Waals surface area contributed by atoms with Crippen LogP contribution in [0, 0.1) is 0 Å². The minimum Gasteiger partial charge on any atom is -0.309 e. The van der Waals surface area contributed by atoms with Crippen molar-refractivity contribution in [1.82, 2.24) is 9.55 Å². The molecule has 0 radical (unpaired) electrons. The maximum atomic E-state index is 11.1. The van der Waals surface area contributed by atoms with Gasteiger partial charge in [0, 0.05) is 16.8 Å². The number of nitrogens with zero attached hydrogens (tertiary/aromatic N) is 2. The average Bonchev–Trinajstić information content (AvgIpc) is 2.75. The topological polar surface area (TPSA) is 61.2 Å². The lowest BCUT2D eigenvalue weighted by Crippen LogP contribution is -2.12. The Hall–Kier alpha value is -1.37. The van der Waals surface area contributed by atoms with E-state index in [-0.39, 0.29) is 0 Å². The van der Waals surface area contributed by atoms with Gasteiger partial charge in [-0.15, -0.1) is 0 Å². The van der Waals surface area contributed by atoms with Crippen LogP contribution in [-0.2, 0) is 14.3 Å². The largest absolute Gasteiger partial charge is 0.309 e. The van der Waals surface area contributed by atoms with Gasteiger partial charge in [0.25, 0.3) is 10.1 Å². The molecule has 1 atom stereocenters. The first-order valence-electron chi connectivity index (χ1n) is 5.53. The van der Waals surface area contributed by atoms with E-state index in [0.29, 0.717) is 10.7 Å². The molecule has 0 saturated carbocycles. The van der Waals surface area contributed by atoms with Crippen LogP contribution in [0.4, 0.5) is 0 Å². The molecule has 2 aromatic rings. The number of benzene rings is 1. The van der Waals surface area contributed by atoms with Crippen LogP contribution >= 0.6 is 11.6 Å². The fourth-order valence-electron chi connectivity index (χ4n) is 1.64. The number of aromatic nitrogens is 2. The second kappa shape index (κ2) is 5.32. The fraction of sp³-hybridized carbons (Fsp3) is 0.250. The number of halogens is 1. The van der Waals surface area contributed by atoms with E-state index < -0.39 is 16.3 Å². The van der Waals surface area contributed by atoms with Crippen LogP contribution in [-0.4, -0.2) is 24.2 Å². The van der Waals surface area contributed by atoms with E-state index >= 15 is 0 Å². The van der Waals surface area contributed by atoms with E-state index in [1.54, 1.807) is 29.8 Å². The first-order valence-corrected chi connectivity index (χ1v) is 7.72. The molecule has 0 bridgehead atoms. The van der Waals surface area contributed by atoms with Crippen molar-refractivity contribution in [1.29, 1.82) is 0 Å². The fourth-order valence-corrected chi connectivity index (χ4v) is 2.43. The highest BCUT2D eigenvalue weighted by molar-refractivity contribution is 7.85. The van der Waals surface area contributed by atoms with Crippen molar-refractivity contribution in [3.63, 3.8) is 0 Å². The predicted octanol–water partition coefficient (Wildman–Crippen LogP) is 2.70. The van der Waals surface area contributed by atoms with Crippen LogP contribution in [0.5, 0.6) is 0 Å². The third kappa shape index (κ3) is 3.79. The standard InChI is InChI=1S/C12H13ClN2O3S/c1-9(18-19(2,16)17)15-7-12(14-8-15)10-4-3-5-11(13)6-10/h3-9H,1-2H3. The minimum atomic E-state index is -3.50. The molecule has 5 nitrogen and oxygen atoms in total. The molecule has 1 aromatic carbocycles. The predicted molar refractivity (Wildman–Crippen MR) is 73.3 cm³/mol. The summed E-state index contributed by atoms with van der Waals surface area (Å²) in [5, 5.41) is 0.618. The Morgan fingerprint density at radius 2 is 2.16 bits per heavy atom. The monoisotopic (exact) mass is 300 g/mol. The Morgan fingerprint density at radius 1 is 1.42 bits per heavy atom. The second-order valence-electron chi connectivity index (χ2n) is 4.12. The first-order chi connectivity index (χ1) is 8.85. The SMILES string of the molecule is CC(OS(C)(=O)=O)n1cnc(-c2cccc(Cl)c2)c1. The van der Waals surface area contributed by atoms with Crippen molar-refractivity contribution < 1.29 is 12.6 Å². The summed E-state index contributed by atoms with van der Waals surface area (Å²) in [7, 11) is -3.50. The molecule has 1 aromatic heterocycles. The molecule has 0 saturated heterocycles. The lowest BCUT2D eigenvalue weighted by molar-refractivity contribution is 0.162. The molecule has 0 aliphatic heterocycles. The Balaban J connectivity index is 2.24. The Labute approximate surface area is 116 Å². The number of hydrogen-bond acceptors (Lipinski definition) is 4. The van der Waals surface area contributed by atoms with Crippen LogP contribution in [0.3, 0.4) is 0 Å². The quantitative estimate of drug-likeness (QED) is 0.815. The van der Waals surface area contributed by atoms with Crippen molar-refractivity contribution >= 4 is 21.7 Å². The molecular formula is C12H13ClN2O3S. The van der Waals surface area contributed by atoms with Crippen molar-refractivity contribution in [2.45, 2.75) is 13.2 Å². The van der Waals surface area contributed by atoms with Crippen molar-refractivity contribution in [2.24, 2.45) is 0 Å². The zero-order valence-corrected chi connectivity index (χ0v) is 12.0. The highest BCUT2D eigenvalue weighted by atomic mass is 35.5. The maximum absolute atomic E-state index is 11.1. The van der Waals surface area contributed by atoms with Crippen LogP contribution in [0.2, 0.25) is 5.02 Å². The summed E-state index contributed by atoms with van der Waals surface area (Å²) in [5.74, 6) is 0. The Morgan fingerprint density at radius 3 is 2.79 bits per heavy atom. The summed E-state index contributed by atoms with van der Waals surface area (Å²) >= 11 is 5.91. The second-order valence-corrected chi connectivity index (χ2v) is 6.15. The van der Waals surface area contributed by atoms with E-state index in [4.69, 9.17) is 15.8 Å². The van der Waals surface area contributed by atoms with Crippen LogP contribution in [0.15, 0.2) is 36.8 Å². The molecule has 0 spiro atoms. The zero-order valence-electron chi connectivity index (χ0n) is 10.4. The van der Waals surface area contributed by atoms with Gasteiger partial charge in [-0.3, -0.25) is 0 Å². The highest BCUT2D eigenvalue weighted by Crippen LogP contribution is 2.22. The van der Waals surface area contributed by atoms with Gasteiger partial charge in [-0.25, -0.2) is 9.17 Å². The molecule has 0 aliphatic rings. The normalized spacial score (nSPS) is 13.4. The van der Waals surface area contributed by atoms with Gasteiger partial charge in [-0.05, 0) is 19.1 Å². The van der Waals surface area contributed by atoms with Gasteiger partial charge in [0.2, 0.25) is 0 Å². The molecule has 19 heavy (non-hydrogen) atoms. The summed E-state index contributed by atoms with van der Waals surface area (Å²) in [5.41, 5.74) is 1.56. The van der Waals surface area contributed by atoms with Gasteiger partial charge >= 0.3 is 0 Å². The summed E-state index contributed by atoms with van der Waals surface area (Å²) in [6, 6.07) is 7.27. The van der Waals surface area contributed by atoms with Gasteiger partial charge in [-0.1, -0.05) is 23.7 Å². The molecule has 0 aliphatic carbocycles. The van der Waals surface area contributed by atoms with E-state index in [1.165, 1.54) is 6.33 Å². The molecule has 0 fully saturated rings. The average molecular weight is 301 g/mol. The molecule has 0 N–H and O–H groups in total. The van der Waals surface area contributed by atoms with E-state index in [2.05, 4.69) is 4.98 Å². The third-order valence-corrected chi connectivity index (χ3v) is 3.32. The molecule has 2 rings (SSSR count). The molecule has 102 valence electrons. The van der Waals surface area contributed by atoms with Gasteiger partial charge in [0.15, 0.2) is 6.23 Å². The number of imidazole rings is 1. The molecular weight excluding hydrogens is 288 g/mol. The minimum absolute atomic E-state index is 0.618. The van der Waals surface area contributed by atoms with Crippen LogP contribution in [0.1, 0.15) is 13.2 Å². The maximum Gasteiger partial charge on any atom is 0.266 e. The van der Waals surface area contributed by atoms with Gasteiger partial charge in [-0.2, -0.15) is 8.42 Å². The Kier molecular flexibility index (Phi) is 3.93. The van der Waals surface area contributed by atoms with Gasteiger partial charge in [0.1, 0.15) is 0 Å². The summed E-state index contributed by atoms with van der Waals surface area (Å²) < 4.78 is 28.6. The molecule has 1 unspecified atom stereocenters. The first kappa shape index (κ1) is 14.0. The molecule has 7 heteroatoms. The van der Waals surface area contributed by atoms with E-state index in [0.717, 1.165) is 11.8 Å². The zero-order chi connectivity index (χ0) is 14.0. The van der Waals surface area contributed by atoms with Gasteiger partial charge < -0.3 is 4.57 Å². The number of hydrogen-bond donors (Lipinski definition) is 0. The lowest BCUT2D eigenvalue weighted by Gasteiger charge is -2.11. The van der Waals surface area contributed by atoms with Crippen molar-refractivity contribution in [3.05, 3.63) is 41.8 Å². The van der Waals surface area contributed by atoms with E-state index in [1.807, 2.05) is 12.1 Å². The van der Waals surface area contributed by atoms with Crippen molar-refractivity contribution in [2.75, 3.05) is 6.26 Å². The summed E-state index contributed by atoms with van der Waals surface area (Å²) in [6.45, 7) is 1.63. The smallest absolute Gasteiger partial charge is 0.266 e. The highest BCUT2D eigenvalue weighted by Gasteiger charge is 2.13. The van der Waals surface area contributed by atoms with Crippen LogP contribution < -0.4 is 0 Å². The van der Waals surface area contributed by atoms with Gasteiger partial charge in [0.05, 0.1) is 18.3 Å². The number of rotatable bonds is 4. The summed E-state index contributed by atoms with van der Waals surface area (Å²) in [6.07, 6.45) is 3.60.